The molecule has 0 aliphatic rings. The second-order valence-electron chi connectivity index (χ2n) is 4.92. The van der Waals surface area contributed by atoms with Crippen LogP contribution in [0.4, 0.5) is 5.82 Å². The smallest absolute Gasteiger partial charge is 0.343 e. The summed E-state index contributed by atoms with van der Waals surface area (Å²) in [7, 11) is 1.61. The summed E-state index contributed by atoms with van der Waals surface area (Å²) < 4.78 is 2.84. The van der Waals surface area contributed by atoms with E-state index in [-0.39, 0.29) is 17.9 Å². The number of hydrogen-bond acceptors (Lipinski definition) is 5. The Labute approximate surface area is 124 Å². The van der Waals surface area contributed by atoms with Crippen LogP contribution in [0.15, 0.2) is 35.3 Å². The lowest BCUT2D eigenvalue weighted by atomic mass is 10.2. The molecule has 2 aromatic heterocycles. The maximum absolute atomic E-state index is 12.3. The third-order valence-electron chi connectivity index (χ3n) is 3.60. The normalized spacial score (nSPS) is 11.0. The third-order valence-corrected chi connectivity index (χ3v) is 3.60. The van der Waals surface area contributed by atoms with E-state index in [1.165, 1.54) is 15.3 Å². The van der Waals surface area contributed by atoms with Gasteiger partial charge in [0.25, 0.3) is 5.56 Å². The lowest BCUT2D eigenvalue weighted by molar-refractivity contribution is -0.392. The van der Waals surface area contributed by atoms with Crippen molar-refractivity contribution in [3.63, 3.8) is 0 Å². The lowest BCUT2D eigenvalue weighted by Crippen LogP contribution is -2.24. The van der Waals surface area contributed by atoms with E-state index in [1.54, 1.807) is 38.2 Å². The molecule has 0 unspecified atom stereocenters. The number of nitrogens with zero attached hydrogens (tertiary/aromatic N) is 5. The van der Waals surface area contributed by atoms with E-state index in [1.807, 2.05) is 0 Å². The van der Waals surface area contributed by atoms with E-state index in [2.05, 4.69) is 9.97 Å². The van der Waals surface area contributed by atoms with Gasteiger partial charge in [0.1, 0.15) is 6.20 Å². The number of imidazole rings is 1. The third kappa shape index (κ3) is 2.14. The van der Waals surface area contributed by atoms with Crippen molar-refractivity contribution in [1.29, 1.82) is 0 Å². The minimum absolute atomic E-state index is 0.110. The highest BCUT2D eigenvalue weighted by molar-refractivity contribution is 5.77. The van der Waals surface area contributed by atoms with Gasteiger partial charge in [-0.25, -0.2) is 14.5 Å². The lowest BCUT2D eigenvalue weighted by Gasteiger charge is -2.09. The molecule has 3 rings (SSSR count). The molecule has 8 nitrogen and oxygen atoms in total. The highest BCUT2D eigenvalue weighted by atomic mass is 16.6. The van der Waals surface area contributed by atoms with Crippen LogP contribution in [0.25, 0.3) is 10.9 Å². The number of aryl methyl sites for hydroxylation is 1. The molecule has 0 atom stereocenters. The maximum Gasteiger partial charge on any atom is 0.343 e. The molecule has 112 valence electrons. The second kappa shape index (κ2) is 5.06. The molecule has 0 fully saturated rings. The largest absolute Gasteiger partial charge is 0.358 e. The molecule has 22 heavy (non-hydrogen) atoms. The summed E-state index contributed by atoms with van der Waals surface area (Å²) in [5.41, 5.74) is 0.391. The topological polar surface area (TPSA) is 95.8 Å². The predicted octanol–water partition coefficient (Wildman–Crippen LogP) is 1.39. The van der Waals surface area contributed by atoms with Gasteiger partial charge in [-0.1, -0.05) is 12.1 Å². The second-order valence-corrected chi connectivity index (χ2v) is 4.92. The van der Waals surface area contributed by atoms with E-state index < -0.39 is 4.92 Å². The van der Waals surface area contributed by atoms with Crippen molar-refractivity contribution in [3.8, 4) is 0 Å². The molecule has 0 saturated carbocycles. The first-order chi connectivity index (χ1) is 10.5. The van der Waals surface area contributed by atoms with Crippen LogP contribution in [0.2, 0.25) is 0 Å². The van der Waals surface area contributed by atoms with Crippen molar-refractivity contribution in [3.05, 3.63) is 62.6 Å². The number of hydrogen-bond donors (Lipinski definition) is 0. The monoisotopic (exact) mass is 299 g/mol. The summed E-state index contributed by atoms with van der Waals surface area (Å²) in [5, 5.41) is 11.6. The molecule has 0 amide bonds. The Morgan fingerprint density at radius 3 is 2.77 bits per heavy atom. The van der Waals surface area contributed by atoms with Gasteiger partial charge in [0, 0.05) is 14.0 Å². The van der Waals surface area contributed by atoms with Gasteiger partial charge in [0.2, 0.25) is 0 Å². The summed E-state index contributed by atoms with van der Waals surface area (Å²) in [6.07, 6.45) is 1.20. The fourth-order valence-electron chi connectivity index (χ4n) is 2.34. The SMILES string of the molecule is Cc1ncc([N+](=O)[O-])n1Cc1nc2ccccc2c(=O)n1C. The molecular weight excluding hydrogens is 286 g/mol. The fourth-order valence-corrected chi connectivity index (χ4v) is 2.34. The average Bonchev–Trinajstić information content (AvgIpc) is 2.86. The molecular formula is C14H13N5O3. The summed E-state index contributed by atoms with van der Waals surface area (Å²) in [6, 6.07) is 7.02. The van der Waals surface area contributed by atoms with Gasteiger partial charge in [-0.15, -0.1) is 0 Å². The predicted molar refractivity (Wildman–Crippen MR) is 79.7 cm³/mol. The molecule has 0 aliphatic carbocycles. The van der Waals surface area contributed by atoms with Crippen LogP contribution in [0.3, 0.4) is 0 Å². The van der Waals surface area contributed by atoms with Gasteiger partial charge in [-0.3, -0.25) is 9.36 Å². The Balaban J connectivity index is 2.16. The number of nitro groups is 1. The molecule has 0 aliphatic heterocycles. The van der Waals surface area contributed by atoms with Crippen LogP contribution in [-0.2, 0) is 13.6 Å². The van der Waals surface area contributed by atoms with Crippen LogP contribution in [0, 0.1) is 17.0 Å². The molecule has 0 radical (unpaired) electrons. The summed E-state index contributed by atoms with van der Waals surface area (Å²) in [4.78, 5) is 31.3. The van der Waals surface area contributed by atoms with Crippen molar-refractivity contribution >= 4 is 16.7 Å². The molecule has 3 aromatic rings. The van der Waals surface area contributed by atoms with Gasteiger partial charge >= 0.3 is 5.82 Å². The quantitative estimate of drug-likeness (QED) is 0.538. The van der Waals surface area contributed by atoms with E-state index in [4.69, 9.17) is 0 Å². The Hall–Kier alpha value is -3.03. The highest BCUT2D eigenvalue weighted by Crippen LogP contribution is 2.16. The average molecular weight is 299 g/mol. The Kier molecular flexibility index (Phi) is 3.21. The fraction of sp³-hybridized carbons (Fsp3) is 0.214. The van der Waals surface area contributed by atoms with E-state index >= 15 is 0 Å². The summed E-state index contributed by atoms with van der Waals surface area (Å²) >= 11 is 0. The van der Waals surface area contributed by atoms with Crippen molar-refractivity contribution < 1.29 is 4.92 Å². The molecule has 0 bridgehead atoms. The number of fused-ring (bicyclic) bond motifs is 1. The van der Waals surface area contributed by atoms with E-state index in [0.717, 1.165) is 0 Å². The minimum Gasteiger partial charge on any atom is -0.358 e. The van der Waals surface area contributed by atoms with Crippen molar-refractivity contribution in [2.24, 2.45) is 7.05 Å². The molecule has 2 heterocycles. The highest BCUT2D eigenvalue weighted by Gasteiger charge is 2.20. The zero-order valence-corrected chi connectivity index (χ0v) is 12.1. The zero-order chi connectivity index (χ0) is 15.9. The molecule has 0 N–H and O–H groups in total. The number of para-hydroxylation sites is 1. The molecule has 0 spiro atoms. The van der Waals surface area contributed by atoms with Gasteiger partial charge in [-0.2, -0.15) is 0 Å². The first kappa shape index (κ1) is 13.9. The van der Waals surface area contributed by atoms with Gasteiger partial charge in [-0.05, 0) is 17.1 Å². The molecule has 1 aromatic carbocycles. The number of benzene rings is 1. The first-order valence-electron chi connectivity index (χ1n) is 6.60. The standard InChI is InChI=1S/C14H13N5O3/c1-9-15-7-13(19(21)22)18(9)8-12-16-11-6-4-3-5-10(11)14(20)17(12)2/h3-7H,8H2,1-2H3. The number of rotatable bonds is 3. The Bertz CT molecular complexity index is 941. The minimum atomic E-state index is -0.501. The van der Waals surface area contributed by atoms with Crippen LogP contribution in [0.1, 0.15) is 11.6 Å². The molecule has 8 heteroatoms. The first-order valence-corrected chi connectivity index (χ1v) is 6.60. The number of aromatic nitrogens is 4. The van der Waals surface area contributed by atoms with Crippen LogP contribution in [0.5, 0.6) is 0 Å². The van der Waals surface area contributed by atoms with Crippen molar-refractivity contribution in [1.82, 2.24) is 19.1 Å². The van der Waals surface area contributed by atoms with E-state index in [0.29, 0.717) is 22.6 Å². The zero-order valence-electron chi connectivity index (χ0n) is 12.1. The van der Waals surface area contributed by atoms with Crippen LogP contribution < -0.4 is 5.56 Å². The Morgan fingerprint density at radius 1 is 1.32 bits per heavy atom. The van der Waals surface area contributed by atoms with Crippen molar-refractivity contribution in [2.45, 2.75) is 13.5 Å². The van der Waals surface area contributed by atoms with Crippen LogP contribution in [-0.4, -0.2) is 24.0 Å². The Morgan fingerprint density at radius 2 is 2.05 bits per heavy atom. The van der Waals surface area contributed by atoms with Gasteiger partial charge in [0.05, 0.1) is 10.9 Å². The van der Waals surface area contributed by atoms with Gasteiger partial charge in [0.15, 0.2) is 18.2 Å². The summed E-state index contributed by atoms with van der Waals surface area (Å²) in [6.45, 7) is 1.78. The summed E-state index contributed by atoms with van der Waals surface area (Å²) in [5.74, 6) is 0.807. The van der Waals surface area contributed by atoms with Crippen molar-refractivity contribution in [2.75, 3.05) is 0 Å². The van der Waals surface area contributed by atoms with Gasteiger partial charge < -0.3 is 10.1 Å². The van der Waals surface area contributed by atoms with Crippen LogP contribution >= 0.6 is 0 Å². The maximum atomic E-state index is 12.3. The van der Waals surface area contributed by atoms with E-state index in [9.17, 15) is 14.9 Å². The molecule has 0 saturated heterocycles.